The number of ether oxygens (including phenoxy) is 1. The number of unbranched alkanes of at least 4 members (excludes halogenated alkanes) is 1. The van der Waals surface area contributed by atoms with E-state index >= 15 is 0 Å². The minimum atomic E-state index is -1.87. The van der Waals surface area contributed by atoms with Gasteiger partial charge in [-0.3, -0.25) is 4.79 Å². The molecule has 0 aliphatic heterocycles. The maximum atomic E-state index is 11.4. The fourth-order valence-electron chi connectivity index (χ4n) is 5.44. The molecule has 34 heavy (non-hydrogen) atoms. The topological polar surface area (TPSA) is 35.5 Å². The molecule has 3 nitrogen and oxygen atoms in total. The quantitative estimate of drug-likeness (QED) is 0.103. The molecule has 0 aromatic rings. The van der Waals surface area contributed by atoms with E-state index in [0.717, 1.165) is 37.0 Å². The first-order valence-electron chi connectivity index (χ1n) is 13.4. The molecule has 0 aromatic carbocycles. The minimum Gasteiger partial charge on any atom is -0.469 e. The monoisotopic (exact) mass is 486 g/mol. The van der Waals surface area contributed by atoms with Crippen LogP contribution in [0.5, 0.6) is 0 Å². The van der Waals surface area contributed by atoms with Crippen molar-refractivity contribution in [1.82, 2.24) is 0 Å². The molecule has 0 spiro atoms. The second kappa shape index (κ2) is 12.6. The van der Waals surface area contributed by atoms with Crippen LogP contribution >= 0.6 is 0 Å². The number of rotatable bonds is 10. The number of carbonyl (C=O) groups excluding carboxylic acids is 1. The van der Waals surface area contributed by atoms with E-state index in [1.807, 2.05) is 6.92 Å². The van der Waals surface area contributed by atoms with Gasteiger partial charge in [-0.1, -0.05) is 58.4 Å². The van der Waals surface area contributed by atoms with Crippen molar-refractivity contribution in [3.63, 3.8) is 0 Å². The van der Waals surface area contributed by atoms with Gasteiger partial charge in [-0.15, -0.1) is 11.8 Å². The molecule has 1 unspecified atom stereocenters. The van der Waals surface area contributed by atoms with Crippen LogP contribution in [-0.2, 0) is 14.0 Å². The highest BCUT2D eigenvalue weighted by Gasteiger charge is 2.44. The summed E-state index contributed by atoms with van der Waals surface area (Å²) in [5.41, 5.74) is 1.60. The van der Waals surface area contributed by atoms with Crippen molar-refractivity contribution in [2.75, 3.05) is 7.11 Å². The standard InChI is InChI=1S/C30H50O3Si/c1-10-11-14-22(2)28(33-34(8,9)30(4,5)6)18-17-26-23(3)19-25-20-24(21-27(25)26)15-12-13-16-29(31)32-7/h15,17-18,22-23,25-28H,12-14,16,19-21H2,1-9H3/b18-17+,24-15+/t22?,23-,25-,26+,27+,28-/m1/s1. The number of hydrogen-bond donors (Lipinski definition) is 0. The first kappa shape index (κ1) is 28.9. The molecule has 0 saturated heterocycles. The van der Waals surface area contributed by atoms with Crippen LogP contribution in [0, 0.1) is 41.4 Å². The number of methoxy groups -OCH3 is 1. The molecule has 0 aromatic heterocycles. The SMILES string of the molecule is CC#CCC(C)[C@@H](/C=C/[C@@H]1[C@H]2C/C(=C/CCCC(=O)OC)C[C@H]2C[C@H]1C)O[Si](C)(C)C(C)(C)C. The Labute approximate surface area is 211 Å². The lowest BCUT2D eigenvalue weighted by atomic mass is 9.86. The maximum absolute atomic E-state index is 11.4. The third kappa shape index (κ3) is 7.85. The molecular weight excluding hydrogens is 436 g/mol. The van der Waals surface area contributed by atoms with Gasteiger partial charge in [-0.2, -0.15) is 0 Å². The zero-order chi connectivity index (χ0) is 25.5. The average Bonchev–Trinajstić information content (AvgIpc) is 3.27. The first-order valence-corrected chi connectivity index (χ1v) is 16.3. The predicted molar refractivity (Wildman–Crippen MR) is 146 cm³/mol. The lowest BCUT2D eigenvalue weighted by molar-refractivity contribution is -0.140. The van der Waals surface area contributed by atoms with Gasteiger partial charge in [0.2, 0.25) is 0 Å². The molecule has 2 fully saturated rings. The Morgan fingerprint density at radius 2 is 1.97 bits per heavy atom. The highest BCUT2D eigenvalue weighted by molar-refractivity contribution is 6.74. The molecule has 0 N–H and O–H groups in total. The Kier molecular flexibility index (Phi) is 10.7. The summed E-state index contributed by atoms with van der Waals surface area (Å²) in [6, 6.07) is 0. The van der Waals surface area contributed by atoms with Crippen molar-refractivity contribution < 1.29 is 14.0 Å². The molecule has 2 aliphatic carbocycles. The van der Waals surface area contributed by atoms with E-state index in [9.17, 15) is 4.79 Å². The molecule has 0 heterocycles. The van der Waals surface area contributed by atoms with Crippen LogP contribution in [0.4, 0.5) is 0 Å². The second-order valence-corrected chi connectivity index (χ2v) is 17.0. The molecule has 0 bridgehead atoms. The van der Waals surface area contributed by atoms with Gasteiger partial charge in [0.15, 0.2) is 8.32 Å². The number of carbonyl (C=O) groups is 1. The fourth-order valence-corrected chi connectivity index (χ4v) is 6.78. The van der Waals surface area contributed by atoms with E-state index < -0.39 is 8.32 Å². The molecular formula is C30H50O3Si. The van der Waals surface area contributed by atoms with E-state index in [1.54, 1.807) is 5.57 Å². The highest BCUT2D eigenvalue weighted by Crippen LogP contribution is 2.53. The Morgan fingerprint density at radius 1 is 1.26 bits per heavy atom. The van der Waals surface area contributed by atoms with Crippen LogP contribution in [0.25, 0.3) is 0 Å². The van der Waals surface area contributed by atoms with Crippen LogP contribution in [0.15, 0.2) is 23.8 Å². The van der Waals surface area contributed by atoms with Crippen molar-refractivity contribution >= 4 is 14.3 Å². The second-order valence-electron chi connectivity index (χ2n) is 12.3. The van der Waals surface area contributed by atoms with Gasteiger partial charge >= 0.3 is 5.97 Å². The van der Waals surface area contributed by atoms with Gasteiger partial charge < -0.3 is 9.16 Å². The summed E-state index contributed by atoms with van der Waals surface area (Å²) >= 11 is 0. The lowest BCUT2D eigenvalue weighted by Crippen LogP contribution is -2.45. The largest absolute Gasteiger partial charge is 0.469 e. The van der Waals surface area contributed by atoms with Crippen molar-refractivity contribution in [1.29, 1.82) is 0 Å². The maximum Gasteiger partial charge on any atom is 0.305 e. The van der Waals surface area contributed by atoms with E-state index in [1.165, 1.54) is 26.4 Å². The number of allylic oxidation sites excluding steroid dienone is 3. The molecule has 2 rings (SSSR count). The Hall–Kier alpha value is -1.31. The summed E-state index contributed by atoms with van der Waals surface area (Å²) in [6.07, 6.45) is 14.5. The zero-order valence-electron chi connectivity index (χ0n) is 23.4. The summed E-state index contributed by atoms with van der Waals surface area (Å²) in [5, 5.41) is 0.194. The summed E-state index contributed by atoms with van der Waals surface area (Å²) in [5.74, 6) is 9.54. The van der Waals surface area contributed by atoms with Gasteiger partial charge in [0, 0.05) is 12.8 Å². The number of hydrogen-bond acceptors (Lipinski definition) is 3. The summed E-state index contributed by atoms with van der Waals surface area (Å²) in [6.45, 7) is 18.3. The Balaban J connectivity index is 2.09. The fraction of sp³-hybridized carbons (Fsp3) is 0.767. The summed E-state index contributed by atoms with van der Waals surface area (Å²) in [4.78, 5) is 11.4. The van der Waals surface area contributed by atoms with Gasteiger partial charge in [0.1, 0.15) is 0 Å². The molecule has 192 valence electrons. The van der Waals surface area contributed by atoms with Gasteiger partial charge in [0.05, 0.1) is 13.2 Å². The van der Waals surface area contributed by atoms with Crippen LogP contribution in [0.2, 0.25) is 18.1 Å². The van der Waals surface area contributed by atoms with Crippen LogP contribution < -0.4 is 0 Å². The van der Waals surface area contributed by atoms with Crippen LogP contribution in [0.3, 0.4) is 0 Å². The zero-order valence-corrected chi connectivity index (χ0v) is 24.4. The summed E-state index contributed by atoms with van der Waals surface area (Å²) < 4.78 is 11.7. The number of esters is 1. The molecule has 2 saturated carbocycles. The van der Waals surface area contributed by atoms with E-state index in [0.29, 0.717) is 18.3 Å². The molecule has 6 atom stereocenters. The van der Waals surface area contributed by atoms with E-state index in [-0.39, 0.29) is 17.1 Å². The Morgan fingerprint density at radius 3 is 2.59 bits per heavy atom. The van der Waals surface area contributed by atoms with Crippen molar-refractivity contribution in [3.8, 4) is 11.8 Å². The van der Waals surface area contributed by atoms with E-state index in [4.69, 9.17) is 9.16 Å². The smallest absolute Gasteiger partial charge is 0.305 e. The van der Waals surface area contributed by atoms with Gasteiger partial charge in [-0.25, -0.2) is 0 Å². The van der Waals surface area contributed by atoms with E-state index in [2.05, 4.69) is 77.8 Å². The third-order valence-electron chi connectivity index (χ3n) is 8.62. The van der Waals surface area contributed by atoms with Crippen LogP contribution in [-0.4, -0.2) is 27.5 Å². The van der Waals surface area contributed by atoms with Crippen molar-refractivity contribution in [2.45, 2.75) is 111 Å². The molecule has 0 radical (unpaired) electrons. The molecule has 4 heteroatoms. The van der Waals surface area contributed by atoms with Gasteiger partial charge in [0.25, 0.3) is 0 Å². The van der Waals surface area contributed by atoms with Crippen LogP contribution in [0.1, 0.15) is 86.5 Å². The number of fused-ring (bicyclic) bond motifs is 1. The summed E-state index contributed by atoms with van der Waals surface area (Å²) in [7, 11) is -0.406. The molecule has 2 aliphatic rings. The van der Waals surface area contributed by atoms with Gasteiger partial charge in [-0.05, 0) is 86.7 Å². The Bertz CT molecular complexity index is 792. The average molecular weight is 487 g/mol. The normalized spacial score (nSPS) is 28.0. The first-order chi connectivity index (χ1) is 15.9. The third-order valence-corrected chi connectivity index (χ3v) is 13.1. The molecule has 0 amide bonds. The van der Waals surface area contributed by atoms with Crippen molar-refractivity contribution in [2.24, 2.45) is 29.6 Å². The predicted octanol–water partition coefficient (Wildman–Crippen LogP) is 7.93. The van der Waals surface area contributed by atoms with Crippen molar-refractivity contribution in [3.05, 3.63) is 23.8 Å². The lowest BCUT2D eigenvalue weighted by Gasteiger charge is -2.40. The highest BCUT2D eigenvalue weighted by atomic mass is 28.4. The minimum absolute atomic E-state index is 0.102.